The monoisotopic (exact) mass is 489 g/mol. The Morgan fingerprint density at radius 3 is 2.41 bits per heavy atom. The highest BCUT2D eigenvalue weighted by molar-refractivity contribution is 5.84. The maximum atomic E-state index is 6.30. The van der Waals surface area contributed by atoms with Gasteiger partial charge < -0.3 is 11.1 Å². The normalized spacial score (nSPS) is 14.8. The SMILES string of the molecule is CNC1CCN(Cc2ccc(-n3c(-c4cccnc4N)nc4ccc(-c5ccccc5)nc43)cc2)CC1. The van der Waals surface area contributed by atoms with Gasteiger partial charge in [0, 0.05) is 30.0 Å². The lowest BCUT2D eigenvalue weighted by molar-refractivity contribution is 0.194. The van der Waals surface area contributed by atoms with Gasteiger partial charge in [-0.25, -0.2) is 15.0 Å². The van der Waals surface area contributed by atoms with Crippen molar-refractivity contribution >= 4 is 17.0 Å². The first-order valence-electron chi connectivity index (χ1n) is 12.8. The number of hydrogen-bond donors (Lipinski definition) is 2. The number of hydrogen-bond acceptors (Lipinski definition) is 6. The number of pyridine rings is 2. The first-order valence-corrected chi connectivity index (χ1v) is 12.8. The van der Waals surface area contributed by atoms with Crippen LogP contribution in [0.2, 0.25) is 0 Å². The number of piperidine rings is 1. The average molecular weight is 490 g/mol. The Hall–Kier alpha value is -4.07. The number of nitrogens with one attached hydrogen (secondary N) is 1. The van der Waals surface area contributed by atoms with Gasteiger partial charge in [0.1, 0.15) is 11.3 Å². The van der Waals surface area contributed by atoms with Crippen LogP contribution in [-0.2, 0) is 6.54 Å². The van der Waals surface area contributed by atoms with Crippen LogP contribution < -0.4 is 11.1 Å². The minimum absolute atomic E-state index is 0.448. The quantitative estimate of drug-likeness (QED) is 0.352. The van der Waals surface area contributed by atoms with E-state index >= 15 is 0 Å². The Morgan fingerprint density at radius 2 is 1.68 bits per heavy atom. The predicted octanol–water partition coefficient (Wildman–Crippen LogP) is 4.92. The predicted molar refractivity (Wildman–Crippen MR) is 149 cm³/mol. The van der Waals surface area contributed by atoms with Gasteiger partial charge >= 0.3 is 0 Å². The molecule has 1 aliphatic rings. The zero-order valence-electron chi connectivity index (χ0n) is 21.0. The molecule has 0 atom stereocenters. The summed E-state index contributed by atoms with van der Waals surface area (Å²) in [6, 6.07) is 27.5. The molecule has 5 aromatic rings. The van der Waals surface area contributed by atoms with Gasteiger partial charge in [-0.3, -0.25) is 9.47 Å². The summed E-state index contributed by atoms with van der Waals surface area (Å²) in [6.07, 6.45) is 4.09. The summed E-state index contributed by atoms with van der Waals surface area (Å²) in [7, 11) is 2.06. The zero-order valence-corrected chi connectivity index (χ0v) is 21.0. The van der Waals surface area contributed by atoms with Crippen LogP contribution in [-0.4, -0.2) is 50.6 Å². The lowest BCUT2D eigenvalue weighted by Gasteiger charge is -2.31. The second-order valence-corrected chi connectivity index (χ2v) is 9.62. The Balaban J connectivity index is 1.40. The van der Waals surface area contributed by atoms with E-state index in [9.17, 15) is 0 Å². The van der Waals surface area contributed by atoms with Gasteiger partial charge in [0.05, 0.1) is 11.3 Å². The molecular weight excluding hydrogens is 458 g/mol. The van der Waals surface area contributed by atoms with Crippen LogP contribution in [0.4, 0.5) is 5.82 Å². The maximum absolute atomic E-state index is 6.30. The summed E-state index contributed by atoms with van der Waals surface area (Å²) in [4.78, 5) is 16.8. The molecule has 0 amide bonds. The maximum Gasteiger partial charge on any atom is 0.165 e. The molecule has 3 N–H and O–H groups in total. The first-order chi connectivity index (χ1) is 18.2. The van der Waals surface area contributed by atoms with E-state index in [1.807, 2.05) is 42.5 Å². The van der Waals surface area contributed by atoms with E-state index in [1.165, 1.54) is 18.4 Å². The van der Waals surface area contributed by atoms with E-state index in [2.05, 4.69) is 63.2 Å². The molecule has 6 rings (SSSR count). The van der Waals surface area contributed by atoms with Gasteiger partial charge in [-0.15, -0.1) is 0 Å². The van der Waals surface area contributed by atoms with Crippen molar-refractivity contribution in [2.45, 2.75) is 25.4 Å². The van der Waals surface area contributed by atoms with E-state index in [4.69, 9.17) is 15.7 Å². The number of anilines is 1. The van der Waals surface area contributed by atoms with E-state index < -0.39 is 0 Å². The minimum atomic E-state index is 0.448. The summed E-state index contributed by atoms with van der Waals surface area (Å²) < 4.78 is 2.09. The molecule has 0 unspecified atom stereocenters. The fraction of sp³-hybridized carbons (Fsp3) is 0.233. The largest absolute Gasteiger partial charge is 0.383 e. The third kappa shape index (κ3) is 4.71. The van der Waals surface area contributed by atoms with Crippen molar-refractivity contribution in [3.8, 4) is 28.3 Å². The molecule has 2 aromatic carbocycles. The van der Waals surface area contributed by atoms with Crippen molar-refractivity contribution in [1.29, 1.82) is 0 Å². The number of fused-ring (bicyclic) bond motifs is 1. The molecule has 3 aromatic heterocycles. The summed E-state index contributed by atoms with van der Waals surface area (Å²) in [5, 5.41) is 3.41. The van der Waals surface area contributed by atoms with Gasteiger partial charge in [0.25, 0.3) is 0 Å². The molecule has 7 heteroatoms. The van der Waals surface area contributed by atoms with Crippen molar-refractivity contribution in [3.63, 3.8) is 0 Å². The van der Waals surface area contributed by atoms with Crippen LogP contribution >= 0.6 is 0 Å². The first kappa shape index (κ1) is 23.3. The third-order valence-corrected chi connectivity index (χ3v) is 7.25. The summed E-state index contributed by atoms with van der Waals surface area (Å²) in [5.41, 5.74) is 13.0. The molecule has 0 bridgehead atoms. The van der Waals surface area contributed by atoms with Crippen LogP contribution in [0.1, 0.15) is 18.4 Å². The zero-order chi connectivity index (χ0) is 25.2. The van der Waals surface area contributed by atoms with Gasteiger partial charge in [0.15, 0.2) is 11.5 Å². The smallest absolute Gasteiger partial charge is 0.165 e. The minimum Gasteiger partial charge on any atom is -0.383 e. The lowest BCUT2D eigenvalue weighted by atomic mass is 10.0. The summed E-state index contributed by atoms with van der Waals surface area (Å²) >= 11 is 0. The Labute approximate surface area is 217 Å². The van der Waals surface area contributed by atoms with Gasteiger partial charge in [-0.1, -0.05) is 42.5 Å². The van der Waals surface area contributed by atoms with Crippen molar-refractivity contribution in [1.82, 2.24) is 29.7 Å². The second-order valence-electron chi connectivity index (χ2n) is 9.62. The average Bonchev–Trinajstić information content (AvgIpc) is 3.33. The molecule has 7 nitrogen and oxygen atoms in total. The third-order valence-electron chi connectivity index (χ3n) is 7.25. The number of likely N-dealkylation sites (tertiary alicyclic amines) is 1. The van der Waals surface area contributed by atoms with E-state index in [1.54, 1.807) is 6.20 Å². The highest BCUT2D eigenvalue weighted by atomic mass is 15.1. The molecule has 0 spiro atoms. The van der Waals surface area contributed by atoms with Crippen molar-refractivity contribution < 1.29 is 0 Å². The van der Waals surface area contributed by atoms with Crippen molar-refractivity contribution in [2.24, 2.45) is 0 Å². The molecule has 4 heterocycles. The Morgan fingerprint density at radius 1 is 0.892 bits per heavy atom. The molecular formula is C30H31N7. The molecule has 0 radical (unpaired) electrons. The van der Waals surface area contributed by atoms with Crippen molar-refractivity contribution in [3.05, 3.63) is 90.6 Å². The topological polar surface area (TPSA) is 84.9 Å². The number of nitrogen functional groups attached to an aromatic ring is 1. The standard InChI is InChI=1S/C30H31N7/c1-32-23-15-18-36(19-16-23)20-21-9-11-24(12-10-21)37-29(25-8-5-17-33-28(25)31)35-27-14-13-26(34-30(27)37)22-6-3-2-4-7-22/h2-14,17,23,32H,15-16,18-20H2,1H3,(H2,31,33). The van der Waals surface area contributed by atoms with Gasteiger partial charge in [0.2, 0.25) is 0 Å². The fourth-order valence-electron chi connectivity index (χ4n) is 5.15. The molecule has 37 heavy (non-hydrogen) atoms. The number of imidazole rings is 1. The number of nitrogens with two attached hydrogens (primary N) is 1. The van der Waals surface area contributed by atoms with Crippen LogP contribution in [0.15, 0.2) is 85.1 Å². The van der Waals surface area contributed by atoms with Crippen LogP contribution in [0.25, 0.3) is 39.5 Å². The molecule has 1 fully saturated rings. The van der Waals surface area contributed by atoms with E-state index in [-0.39, 0.29) is 0 Å². The molecule has 0 aliphatic carbocycles. The summed E-state index contributed by atoms with van der Waals surface area (Å²) in [6.45, 7) is 3.20. The van der Waals surface area contributed by atoms with Crippen LogP contribution in [0.5, 0.6) is 0 Å². The number of rotatable bonds is 6. The highest BCUT2D eigenvalue weighted by Gasteiger charge is 2.20. The Kier molecular flexibility index (Phi) is 6.39. The van der Waals surface area contributed by atoms with Crippen molar-refractivity contribution in [2.75, 3.05) is 25.9 Å². The molecule has 186 valence electrons. The molecule has 1 saturated heterocycles. The highest BCUT2D eigenvalue weighted by Crippen LogP contribution is 2.32. The number of nitrogens with zero attached hydrogens (tertiary/aromatic N) is 5. The molecule has 0 saturated carbocycles. The van der Waals surface area contributed by atoms with Gasteiger partial charge in [-0.05, 0) is 74.9 Å². The lowest BCUT2D eigenvalue weighted by Crippen LogP contribution is -2.40. The van der Waals surface area contributed by atoms with E-state index in [0.717, 1.165) is 59.1 Å². The summed E-state index contributed by atoms with van der Waals surface area (Å²) in [5.74, 6) is 1.18. The van der Waals surface area contributed by atoms with E-state index in [0.29, 0.717) is 11.9 Å². The Bertz CT molecular complexity index is 1500. The van der Waals surface area contributed by atoms with Crippen LogP contribution in [0, 0.1) is 0 Å². The van der Waals surface area contributed by atoms with Gasteiger partial charge in [-0.2, -0.15) is 0 Å². The van der Waals surface area contributed by atoms with Crippen LogP contribution in [0.3, 0.4) is 0 Å². The molecule has 1 aliphatic heterocycles. The second kappa shape index (κ2) is 10.1. The fourth-order valence-corrected chi connectivity index (χ4v) is 5.15. The number of benzene rings is 2. The number of aromatic nitrogens is 4.